The molecule has 0 saturated carbocycles. The lowest BCUT2D eigenvalue weighted by molar-refractivity contribution is -0.138. The number of nitrogens with two attached hydrogens (primary N) is 1. The van der Waals surface area contributed by atoms with Gasteiger partial charge in [0.15, 0.2) is 5.03 Å². The Balaban J connectivity index is 1.76. The number of nitrogens with one attached hydrogen (secondary N) is 1. The zero-order valence-corrected chi connectivity index (χ0v) is 22.1. The summed E-state index contributed by atoms with van der Waals surface area (Å²) in [4.78, 5) is 34.9. The van der Waals surface area contributed by atoms with E-state index < -0.39 is 38.8 Å². The highest BCUT2D eigenvalue weighted by Gasteiger charge is 2.35. The van der Waals surface area contributed by atoms with Gasteiger partial charge >= 0.3 is 5.97 Å². The SMILES string of the molecule is CC(C)COc1cc(F)cc(-c2ccc(C(=O)NS(=O)(=O)c3cccc(N)n3)c(N3CCC[C@H]3C(=O)O)n2)c1. The molecule has 1 aliphatic heterocycles. The minimum atomic E-state index is -4.41. The number of amides is 1. The summed E-state index contributed by atoms with van der Waals surface area (Å²) >= 11 is 0. The minimum absolute atomic E-state index is 0.0421. The number of nitrogen functional groups attached to an aromatic ring is 1. The molecule has 3 heterocycles. The maximum absolute atomic E-state index is 14.4. The summed E-state index contributed by atoms with van der Waals surface area (Å²) < 4.78 is 47.7. The molecule has 0 unspecified atom stereocenters. The second kappa shape index (κ2) is 11.2. The van der Waals surface area contributed by atoms with Crippen LogP contribution in [0.15, 0.2) is 53.6 Å². The Hall–Kier alpha value is -4.26. The molecule has 0 spiro atoms. The molecule has 1 aliphatic rings. The fourth-order valence-electron chi connectivity index (χ4n) is 4.15. The van der Waals surface area contributed by atoms with E-state index in [-0.39, 0.29) is 41.1 Å². The lowest BCUT2D eigenvalue weighted by atomic mass is 10.1. The second-order valence-corrected chi connectivity index (χ2v) is 11.1. The maximum Gasteiger partial charge on any atom is 0.326 e. The van der Waals surface area contributed by atoms with Crippen LogP contribution in [0.4, 0.5) is 16.0 Å². The van der Waals surface area contributed by atoms with Gasteiger partial charge in [0.1, 0.15) is 29.2 Å². The van der Waals surface area contributed by atoms with Gasteiger partial charge in [-0.15, -0.1) is 0 Å². The average Bonchev–Trinajstić information content (AvgIpc) is 3.37. The number of carbonyl (C=O) groups excluding carboxylic acids is 1. The first-order valence-corrected chi connectivity index (χ1v) is 13.7. The Bertz CT molecular complexity index is 1510. The van der Waals surface area contributed by atoms with Crippen LogP contribution in [0.25, 0.3) is 11.3 Å². The first-order chi connectivity index (χ1) is 18.4. The van der Waals surface area contributed by atoms with E-state index in [2.05, 4.69) is 9.97 Å². The van der Waals surface area contributed by atoms with Crippen LogP contribution in [0.5, 0.6) is 5.75 Å². The van der Waals surface area contributed by atoms with Crippen LogP contribution in [0, 0.1) is 11.7 Å². The molecule has 0 aliphatic carbocycles. The second-order valence-electron chi connectivity index (χ2n) is 9.47. The van der Waals surface area contributed by atoms with Gasteiger partial charge in [0.25, 0.3) is 15.9 Å². The van der Waals surface area contributed by atoms with Crippen molar-refractivity contribution in [1.82, 2.24) is 14.7 Å². The molecule has 4 N–H and O–H groups in total. The number of hydrogen-bond acceptors (Lipinski definition) is 9. The lowest BCUT2D eigenvalue weighted by Gasteiger charge is -2.25. The van der Waals surface area contributed by atoms with E-state index in [1.807, 2.05) is 18.6 Å². The number of benzene rings is 1. The van der Waals surface area contributed by atoms with Crippen LogP contribution in [-0.2, 0) is 14.8 Å². The lowest BCUT2D eigenvalue weighted by Crippen LogP contribution is -2.39. The predicted molar refractivity (Wildman–Crippen MR) is 141 cm³/mol. The third-order valence-electron chi connectivity index (χ3n) is 5.93. The molecular formula is C26H28FN5O6S. The van der Waals surface area contributed by atoms with Gasteiger partial charge < -0.3 is 20.5 Å². The van der Waals surface area contributed by atoms with Crippen LogP contribution < -0.4 is 20.1 Å². The van der Waals surface area contributed by atoms with Gasteiger partial charge in [-0.05, 0) is 55.2 Å². The maximum atomic E-state index is 14.4. The van der Waals surface area contributed by atoms with Crippen molar-refractivity contribution >= 4 is 33.5 Å². The van der Waals surface area contributed by atoms with Crippen LogP contribution in [0.2, 0.25) is 0 Å². The van der Waals surface area contributed by atoms with Gasteiger partial charge in [0, 0.05) is 18.2 Å². The van der Waals surface area contributed by atoms with Crippen molar-refractivity contribution in [1.29, 1.82) is 0 Å². The van der Waals surface area contributed by atoms with E-state index in [9.17, 15) is 27.5 Å². The summed E-state index contributed by atoms with van der Waals surface area (Å²) in [7, 11) is -4.41. The number of hydrogen-bond donors (Lipinski definition) is 3. The van der Waals surface area contributed by atoms with Gasteiger partial charge in [0.2, 0.25) is 0 Å². The Morgan fingerprint density at radius 1 is 1.21 bits per heavy atom. The topological polar surface area (TPSA) is 165 Å². The molecule has 11 nitrogen and oxygen atoms in total. The number of rotatable bonds is 9. The van der Waals surface area contributed by atoms with Gasteiger partial charge in [-0.3, -0.25) is 4.79 Å². The number of ether oxygens (including phenoxy) is 1. The first kappa shape index (κ1) is 27.8. The summed E-state index contributed by atoms with van der Waals surface area (Å²) in [5.74, 6) is -2.32. The fraction of sp³-hybridized carbons (Fsp3) is 0.308. The van der Waals surface area contributed by atoms with E-state index in [0.29, 0.717) is 25.0 Å². The number of halogens is 1. The Labute approximate surface area is 224 Å². The van der Waals surface area contributed by atoms with Gasteiger partial charge in [0.05, 0.1) is 17.9 Å². The Morgan fingerprint density at radius 3 is 2.67 bits per heavy atom. The number of carbonyl (C=O) groups is 2. The summed E-state index contributed by atoms with van der Waals surface area (Å²) in [5.41, 5.74) is 5.98. The summed E-state index contributed by atoms with van der Waals surface area (Å²) in [6.07, 6.45) is 0.823. The zero-order chi connectivity index (χ0) is 28.3. The zero-order valence-electron chi connectivity index (χ0n) is 21.3. The molecule has 4 rings (SSSR count). The summed E-state index contributed by atoms with van der Waals surface area (Å²) in [5, 5.41) is 9.29. The highest BCUT2D eigenvalue weighted by Crippen LogP contribution is 2.32. The highest BCUT2D eigenvalue weighted by atomic mass is 32.2. The van der Waals surface area contributed by atoms with E-state index in [1.165, 1.54) is 47.4 Å². The molecule has 1 saturated heterocycles. The smallest absolute Gasteiger partial charge is 0.326 e. The number of sulfonamides is 1. The third kappa shape index (κ3) is 6.42. The van der Waals surface area contributed by atoms with Crippen LogP contribution >= 0.6 is 0 Å². The van der Waals surface area contributed by atoms with Crippen molar-refractivity contribution < 1.29 is 32.2 Å². The third-order valence-corrected chi connectivity index (χ3v) is 7.16. The normalized spacial score (nSPS) is 15.4. The van der Waals surface area contributed by atoms with Gasteiger partial charge in [-0.25, -0.2) is 23.9 Å². The van der Waals surface area contributed by atoms with Crippen LogP contribution in [0.3, 0.4) is 0 Å². The number of aromatic nitrogens is 2. The number of nitrogens with zero attached hydrogens (tertiary/aromatic N) is 3. The van der Waals surface area contributed by atoms with Crippen molar-refractivity contribution in [3.8, 4) is 17.0 Å². The minimum Gasteiger partial charge on any atom is -0.493 e. The van der Waals surface area contributed by atoms with Crippen molar-refractivity contribution in [2.75, 3.05) is 23.8 Å². The van der Waals surface area contributed by atoms with Crippen molar-refractivity contribution in [3.63, 3.8) is 0 Å². The van der Waals surface area contributed by atoms with Crippen LogP contribution in [-0.4, -0.2) is 54.6 Å². The van der Waals surface area contributed by atoms with E-state index in [4.69, 9.17) is 10.5 Å². The molecule has 1 aromatic carbocycles. The fourth-order valence-corrected chi connectivity index (χ4v) is 5.09. The van der Waals surface area contributed by atoms with Crippen molar-refractivity contribution in [2.24, 2.45) is 5.92 Å². The number of carboxylic acids is 1. The molecule has 1 amide bonds. The van der Waals surface area contributed by atoms with E-state index in [1.54, 1.807) is 6.07 Å². The van der Waals surface area contributed by atoms with E-state index >= 15 is 0 Å². The molecule has 39 heavy (non-hydrogen) atoms. The van der Waals surface area contributed by atoms with E-state index in [0.717, 1.165) is 0 Å². The monoisotopic (exact) mass is 557 g/mol. The molecule has 1 fully saturated rings. The molecule has 0 radical (unpaired) electrons. The van der Waals surface area contributed by atoms with Crippen LogP contribution in [0.1, 0.15) is 37.0 Å². The molecule has 1 atom stereocenters. The Kier molecular flexibility index (Phi) is 8.00. The number of anilines is 2. The molecule has 206 valence electrons. The largest absolute Gasteiger partial charge is 0.493 e. The summed E-state index contributed by atoms with van der Waals surface area (Å²) in [6, 6.07) is 9.79. The molecule has 13 heteroatoms. The predicted octanol–water partition coefficient (Wildman–Crippen LogP) is 3.07. The molecule has 3 aromatic rings. The van der Waals surface area contributed by atoms with Gasteiger partial charge in [-0.1, -0.05) is 19.9 Å². The number of carboxylic acid groups (broad SMARTS) is 1. The van der Waals surface area contributed by atoms with Crippen molar-refractivity contribution in [2.45, 2.75) is 37.8 Å². The Morgan fingerprint density at radius 2 is 1.97 bits per heavy atom. The standard InChI is InChI=1S/C26H28FN5O6S/c1-15(2)14-38-18-12-16(11-17(27)13-18)20-9-8-19(24(29-20)32-10-4-5-21(32)26(34)35)25(33)31-39(36,37)23-7-3-6-22(28)30-23/h3,6-9,11-13,15,21H,4-5,10,14H2,1-2H3,(H2,28,30)(H,31,33)(H,34,35)/t21-/m0/s1. The highest BCUT2D eigenvalue weighted by molar-refractivity contribution is 7.90. The summed E-state index contributed by atoms with van der Waals surface area (Å²) in [6.45, 7) is 4.54. The average molecular weight is 558 g/mol. The first-order valence-electron chi connectivity index (χ1n) is 12.2. The van der Waals surface area contributed by atoms with Crippen molar-refractivity contribution in [3.05, 3.63) is 59.9 Å². The number of pyridine rings is 2. The molecular weight excluding hydrogens is 529 g/mol. The number of aliphatic carboxylic acids is 1. The molecule has 2 aromatic heterocycles. The molecule has 0 bridgehead atoms. The van der Waals surface area contributed by atoms with Gasteiger partial charge in [-0.2, -0.15) is 8.42 Å². The quantitative estimate of drug-likeness (QED) is 0.356.